The molecule has 0 radical (unpaired) electrons. The minimum Gasteiger partial charge on any atom is -0.462 e. The van der Waals surface area contributed by atoms with Gasteiger partial charge in [0.1, 0.15) is 15.7 Å². The van der Waals surface area contributed by atoms with Crippen molar-refractivity contribution in [2.24, 2.45) is 4.99 Å². The molecule has 0 saturated carbocycles. The third kappa shape index (κ3) is 4.84. The van der Waals surface area contributed by atoms with Gasteiger partial charge < -0.3 is 19.7 Å². The van der Waals surface area contributed by atoms with Gasteiger partial charge in [-0.1, -0.05) is 29.9 Å². The molecular weight excluding hydrogens is 428 g/mol. The van der Waals surface area contributed by atoms with Crippen molar-refractivity contribution in [3.05, 3.63) is 21.3 Å². The highest BCUT2D eigenvalue weighted by atomic mass is 35.5. The van der Waals surface area contributed by atoms with E-state index in [0.717, 1.165) is 17.1 Å². The molecule has 10 heteroatoms. The van der Waals surface area contributed by atoms with E-state index in [1.54, 1.807) is 21.0 Å². The van der Waals surface area contributed by atoms with Crippen molar-refractivity contribution in [2.45, 2.75) is 52.2 Å². The summed E-state index contributed by atoms with van der Waals surface area (Å²) in [6, 6.07) is -0.142. The first-order valence-corrected chi connectivity index (χ1v) is 11.3. The number of anilines is 1. The summed E-state index contributed by atoms with van der Waals surface area (Å²) in [5.74, 6) is -0.549. The quantitative estimate of drug-likeness (QED) is 0.502. The number of methoxy groups -OCH3 is 1. The lowest BCUT2D eigenvalue weighted by atomic mass is 10.0. The lowest BCUT2D eigenvalue weighted by Gasteiger charge is -2.38. The first kappa shape index (κ1) is 22.7. The second-order valence-corrected chi connectivity index (χ2v) is 8.54. The van der Waals surface area contributed by atoms with Crippen molar-refractivity contribution in [1.82, 2.24) is 10.3 Å². The number of aromatic nitrogens is 1. The van der Waals surface area contributed by atoms with Crippen molar-refractivity contribution in [1.29, 1.82) is 0 Å². The van der Waals surface area contributed by atoms with E-state index in [1.807, 2.05) is 6.92 Å². The lowest BCUT2D eigenvalue weighted by Crippen LogP contribution is -2.55. The molecule has 1 amide bonds. The predicted octanol–water partition coefficient (Wildman–Crippen LogP) is 3.04. The van der Waals surface area contributed by atoms with Crippen molar-refractivity contribution >= 4 is 45.7 Å². The second-order valence-electron chi connectivity index (χ2n) is 7.20. The number of halogens is 1. The van der Waals surface area contributed by atoms with Crippen molar-refractivity contribution in [2.75, 3.05) is 31.7 Å². The molecule has 1 saturated heterocycles. The maximum absolute atomic E-state index is 12.7. The van der Waals surface area contributed by atoms with E-state index >= 15 is 0 Å². The molecule has 1 fully saturated rings. The zero-order valence-corrected chi connectivity index (χ0v) is 19.2. The van der Waals surface area contributed by atoms with E-state index in [-0.39, 0.29) is 24.0 Å². The summed E-state index contributed by atoms with van der Waals surface area (Å²) in [6.45, 7) is 7.15. The molecule has 0 aromatic carbocycles. The monoisotopic (exact) mass is 454 g/mol. The Hall–Kier alpha value is -1.97. The van der Waals surface area contributed by atoms with Crippen molar-refractivity contribution in [3.63, 3.8) is 0 Å². The minimum atomic E-state index is -0.347. The zero-order chi connectivity index (χ0) is 21.8. The molecule has 8 nitrogen and oxygen atoms in total. The second kappa shape index (κ2) is 9.89. The summed E-state index contributed by atoms with van der Waals surface area (Å²) in [5, 5.41) is 4.24. The molecule has 2 aliphatic heterocycles. The van der Waals surface area contributed by atoms with Crippen LogP contribution < -0.4 is 10.2 Å². The minimum absolute atomic E-state index is 0.142. The molecular formula is C20H27ClN4O4S. The van der Waals surface area contributed by atoms with Crippen LogP contribution in [-0.4, -0.2) is 61.5 Å². The number of nitrogens with zero attached hydrogens (tertiary/aromatic N) is 3. The van der Waals surface area contributed by atoms with Gasteiger partial charge in [0.2, 0.25) is 0 Å². The van der Waals surface area contributed by atoms with Crippen LogP contribution in [0.1, 0.15) is 48.5 Å². The highest BCUT2D eigenvalue weighted by Crippen LogP contribution is 2.30. The molecule has 0 bridgehead atoms. The van der Waals surface area contributed by atoms with E-state index in [2.05, 4.69) is 20.2 Å². The number of nitrogens with one attached hydrogen (secondary N) is 1. The molecule has 3 rings (SSSR count). The average Bonchev–Trinajstić information content (AvgIpc) is 3.31. The van der Waals surface area contributed by atoms with Gasteiger partial charge >= 0.3 is 5.97 Å². The number of thiazole rings is 1. The third-order valence-electron chi connectivity index (χ3n) is 5.29. The zero-order valence-electron chi connectivity index (χ0n) is 17.7. The van der Waals surface area contributed by atoms with Crippen LogP contribution in [0.2, 0.25) is 0 Å². The first-order chi connectivity index (χ1) is 14.4. The third-order valence-corrected chi connectivity index (χ3v) is 6.84. The topological polar surface area (TPSA) is 93.1 Å². The van der Waals surface area contributed by atoms with Crippen LogP contribution >= 0.6 is 22.9 Å². The van der Waals surface area contributed by atoms with E-state index in [0.29, 0.717) is 54.0 Å². The van der Waals surface area contributed by atoms with Crippen LogP contribution in [0, 0.1) is 6.92 Å². The van der Waals surface area contributed by atoms with Gasteiger partial charge in [-0.3, -0.25) is 4.79 Å². The Kier molecular flexibility index (Phi) is 7.49. The summed E-state index contributed by atoms with van der Waals surface area (Å²) in [4.78, 5) is 36.1. The van der Waals surface area contributed by atoms with Gasteiger partial charge in [-0.15, -0.1) is 0 Å². The number of aryl methyl sites for hydroxylation is 1. The lowest BCUT2D eigenvalue weighted by molar-refractivity contribution is -0.116. The maximum Gasteiger partial charge on any atom is 0.350 e. The number of piperidine rings is 1. The van der Waals surface area contributed by atoms with E-state index in [4.69, 9.17) is 21.1 Å². The van der Waals surface area contributed by atoms with Gasteiger partial charge in [-0.2, -0.15) is 0 Å². The Morgan fingerprint density at radius 1 is 1.37 bits per heavy atom. The standard InChI is InChI=1S/C20H27ClN4O4S/c1-5-12-9-14(23-17(12)21)18(26)24-13-7-8-25(10-15(13)28-4)20-22-11(3)16(30-20)19(27)29-6-2/h13,15H,5-10H2,1-4H3,(H,24,26)/t13-,15+/m1/s1. The Balaban J connectivity index is 1.63. The van der Waals surface area contributed by atoms with Crippen LogP contribution in [0.4, 0.5) is 5.13 Å². The number of amides is 1. The van der Waals surface area contributed by atoms with Crippen molar-refractivity contribution < 1.29 is 19.1 Å². The molecule has 3 heterocycles. The number of allylic oxidation sites excluding steroid dienone is 1. The number of carbonyl (C=O) groups is 2. The molecule has 0 aliphatic carbocycles. The van der Waals surface area contributed by atoms with Crippen LogP contribution in [0.25, 0.3) is 0 Å². The van der Waals surface area contributed by atoms with Crippen LogP contribution in [0.3, 0.4) is 0 Å². The van der Waals surface area contributed by atoms with Crippen molar-refractivity contribution in [3.8, 4) is 0 Å². The number of hydrogen-bond acceptors (Lipinski definition) is 8. The number of ether oxygens (including phenoxy) is 2. The van der Waals surface area contributed by atoms with Gasteiger partial charge in [-0.25, -0.2) is 14.8 Å². The number of hydrogen-bond donors (Lipinski definition) is 1. The highest BCUT2D eigenvalue weighted by Gasteiger charge is 2.34. The molecule has 2 aliphatic rings. The molecule has 2 atom stereocenters. The Bertz CT molecular complexity index is 882. The smallest absolute Gasteiger partial charge is 0.350 e. The van der Waals surface area contributed by atoms with Gasteiger partial charge in [0.15, 0.2) is 5.13 Å². The fraction of sp³-hybridized carbons (Fsp3) is 0.600. The molecule has 1 aromatic rings. The fourth-order valence-corrected chi connectivity index (χ4v) is 4.86. The predicted molar refractivity (Wildman–Crippen MR) is 118 cm³/mol. The van der Waals surface area contributed by atoms with E-state index in [9.17, 15) is 9.59 Å². The summed E-state index contributed by atoms with van der Waals surface area (Å²) in [6.07, 6.45) is 1.74. The molecule has 30 heavy (non-hydrogen) atoms. The number of aliphatic imine (C=N–C) groups is 1. The normalized spacial score (nSPS) is 21.6. The van der Waals surface area contributed by atoms with Gasteiger partial charge in [0.05, 0.1) is 24.4 Å². The van der Waals surface area contributed by atoms with Crippen LogP contribution in [0.15, 0.2) is 15.7 Å². The summed E-state index contributed by atoms with van der Waals surface area (Å²) < 4.78 is 10.8. The molecule has 0 unspecified atom stereocenters. The van der Waals surface area contributed by atoms with E-state index < -0.39 is 0 Å². The summed E-state index contributed by atoms with van der Waals surface area (Å²) in [7, 11) is 1.63. The molecule has 0 spiro atoms. The SMILES string of the molecule is CCOC(=O)c1sc(N2CC[C@@H](NC(=O)C3=NC(Cl)=C(CC)C3)[C@@H](OC)C2)nc1C. The maximum atomic E-state index is 12.7. The van der Waals surface area contributed by atoms with Crippen LogP contribution in [-0.2, 0) is 14.3 Å². The molecule has 1 aromatic heterocycles. The van der Waals surface area contributed by atoms with E-state index in [1.165, 1.54) is 11.3 Å². The highest BCUT2D eigenvalue weighted by molar-refractivity contribution is 7.17. The largest absolute Gasteiger partial charge is 0.462 e. The Morgan fingerprint density at radius 2 is 2.13 bits per heavy atom. The molecule has 164 valence electrons. The van der Waals surface area contributed by atoms with Gasteiger partial charge in [0.25, 0.3) is 5.91 Å². The number of rotatable bonds is 7. The Labute approximate surface area is 185 Å². The van der Waals surface area contributed by atoms with Gasteiger partial charge in [-0.05, 0) is 32.3 Å². The Morgan fingerprint density at radius 3 is 2.77 bits per heavy atom. The summed E-state index contributed by atoms with van der Waals surface area (Å²) >= 11 is 7.42. The average molecular weight is 455 g/mol. The van der Waals surface area contributed by atoms with Gasteiger partial charge in [0, 0.05) is 26.6 Å². The van der Waals surface area contributed by atoms with Crippen LogP contribution in [0.5, 0.6) is 0 Å². The first-order valence-electron chi connectivity index (χ1n) is 10.1. The fourth-order valence-electron chi connectivity index (χ4n) is 3.56. The molecule has 1 N–H and O–H groups in total. The number of carbonyl (C=O) groups excluding carboxylic acids is 2. The number of esters is 1. The summed E-state index contributed by atoms with van der Waals surface area (Å²) in [5.41, 5.74) is 2.09.